The molecule has 3 saturated heterocycles. The van der Waals surface area contributed by atoms with Crippen LogP contribution in [0.4, 0.5) is 0 Å². The number of carboxylic acid groups (broad SMARTS) is 1. The summed E-state index contributed by atoms with van der Waals surface area (Å²) in [6.45, 7) is 2.54. The Hall–Kier alpha value is -5.20. The van der Waals surface area contributed by atoms with Crippen LogP contribution >= 0.6 is 0 Å². The van der Waals surface area contributed by atoms with Crippen molar-refractivity contribution in [3.63, 3.8) is 0 Å². The Balaban J connectivity index is 1.34. The molecular formula is C60H107N7O33. The number of carbonyl (C=O) groups excluding carboxylic acids is 7. The lowest BCUT2D eigenvalue weighted by Crippen LogP contribution is -2.64. The Bertz CT molecular complexity index is 2310. The number of amides is 7. The molecule has 3 heterocycles. The molecule has 3 aliphatic heterocycles. The first-order valence-corrected chi connectivity index (χ1v) is 33.1. The van der Waals surface area contributed by atoms with Crippen molar-refractivity contribution >= 4 is 47.3 Å². The van der Waals surface area contributed by atoms with E-state index in [9.17, 15) is 89.4 Å². The van der Waals surface area contributed by atoms with E-state index in [0.29, 0.717) is 12.8 Å². The van der Waals surface area contributed by atoms with Crippen molar-refractivity contribution in [2.75, 3.05) is 172 Å². The van der Waals surface area contributed by atoms with Gasteiger partial charge in [-0.1, -0.05) is 0 Å². The number of hydrogen-bond donors (Lipinski definition) is 17. The van der Waals surface area contributed by atoms with Gasteiger partial charge in [-0.2, -0.15) is 0 Å². The smallest absolute Gasteiger partial charge is 0.326 e. The van der Waals surface area contributed by atoms with Gasteiger partial charge in [-0.05, 0) is 38.5 Å². The molecule has 580 valence electrons. The van der Waals surface area contributed by atoms with E-state index in [1.165, 1.54) is 20.8 Å². The van der Waals surface area contributed by atoms with Gasteiger partial charge >= 0.3 is 5.97 Å². The van der Waals surface area contributed by atoms with Crippen LogP contribution in [0.5, 0.6) is 0 Å². The van der Waals surface area contributed by atoms with Crippen LogP contribution in [0.1, 0.15) is 59.3 Å². The van der Waals surface area contributed by atoms with Crippen LogP contribution in [0.25, 0.3) is 0 Å². The molecule has 0 radical (unpaired) electrons. The summed E-state index contributed by atoms with van der Waals surface area (Å²) in [7, 11) is 0. The molecule has 0 bridgehead atoms. The molecule has 0 saturated carbocycles. The highest BCUT2D eigenvalue weighted by atomic mass is 16.7. The number of ether oxygens (including phenoxy) is 15. The van der Waals surface area contributed by atoms with E-state index >= 15 is 0 Å². The van der Waals surface area contributed by atoms with Crippen molar-refractivity contribution in [1.82, 2.24) is 37.2 Å². The summed E-state index contributed by atoms with van der Waals surface area (Å²) in [6, 6.07) is -5.87. The third-order valence-corrected chi connectivity index (χ3v) is 15.0. The molecule has 0 unspecified atom stereocenters. The normalized spacial score (nSPS) is 25.8. The maximum Gasteiger partial charge on any atom is 0.326 e. The molecule has 0 aromatic carbocycles. The van der Waals surface area contributed by atoms with Crippen molar-refractivity contribution in [2.24, 2.45) is 0 Å². The first-order chi connectivity index (χ1) is 48.0. The first-order valence-electron chi connectivity index (χ1n) is 33.1. The number of hydrogen-bond acceptors (Lipinski definition) is 32. The molecule has 0 spiro atoms. The molecule has 3 aliphatic rings. The summed E-state index contributed by atoms with van der Waals surface area (Å²) >= 11 is 0. The Morgan fingerprint density at radius 1 is 0.360 bits per heavy atom. The van der Waals surface area contributed by atoms with Gasteiger partial charge in [-0.3, -0.25) is 33.6 Å². The van der Waals surface area contributed by atoms with Gasteiger partial charge in [-0.25, -0.2) is 4.79 Å². The van der Waals surface area contributed by atoms with Gasteiger partial charge in [0.05, 0.1) is 139 Å². The molecular weight excluding hydrogens is 1350 g/mol. The molecule has 0 aromatic heterocycles. The lowest BCUT2D eigenvalue weighted by molar-refractivity contribution is -0.272. The van der Waals surface area contributed by atoms with Crippen molar-refractivity contribution < 1.29 is 160 Å². The summed E-state index contributed by atoms with van der Waals surface area (Å²) in [4.78, 5) is 98.8. The van der Waals surface area contributed by atoms with Crippen LogP contribution in [0, 0.1) is 0 Å². The lowest BCUT2D eigenvalue weighted by atomic mass is 9.97. The van der Waals surface area contributed by atoms with E-state index in [4.69, 9.17) is 71.1 Å². The third-order valence-electron chi connectivity index (χ3n) is 15.0. The average molecular weight is 1450 g/mol. The van der Waals surface area contributed by atoms with Crippen molar-refractivity contribution in [3.05, 3.63) is 0 Å². The molecule has 17 atom stereocenters. The Morgan fingerprint density at radius 3 is 0.930 bits per heavy atom. The Morgan fingerprint density at radius 2 is 0.640 bits per heavy atom. The van der Waals surface area contributed by atoms with E-state index < -0.39 is 178 Å². The SMILES string of the molecule is CC(=O)N[C@H]1[C@H](OCCOCCOCCOCC(=O)NCCCC[C@H](NC(=O)[C@H](CCCCNC(=O)COCCOCCOCCO[C@@H]2O[C@@H](CO)[C@H](O)[C@H](O)[C@H]2NC(C)=O)NC(=O)COCCOCCOCCO[C@@H]2O[C@@H](CO)[C@H](O)[C@H](O)[C@H]2NC(C)=O)C(=O)O)O[C@@H](CO)[C@H](O)[C@@H]1O. The van der Waals surface area contributed by atoms with Crippen LogP contribution < -0.4 is 37.2 Å². The molecule has 3 rings (SSSR count). The maximum absolute atomic E-state index is 13.6. The van der Waals surface area contributed by atoms with E-state index in [0.717, 1.165) is 0 Å². The second-order valence-electron chi connectivity index (χ2n) is 23.0. The molecule has 17 N–H and O–H groups in total. The summed E-state index contributed by atoms with van der Waals surface area (Å²) in [6.07, 6.45) is -14.4. The Kier molecular flexibility index (Phi) is 46.9. The largest absolute Gasteiger partial charge is 0.480 e. The van der Waals surface area contributed by atoms with Gasteiger partial charge in [0.25, 0.3) is 0 Å². The van der Waals surface area contributed by atoms with Crippen molar-refractivity contribution in [3.8, 4) is 0 Å². The fraction of sp³-hybridized carbons (Fsp3) is 0.867. The first kappa shape index (κ1) is 89.0. The number of nitrogens with one attached hydrogen (secondary N) is 7. The average Bonchev–Trinajstić information content (AvgIpc) is 0.824. The zero-order valence-corrected chi connectivity index (χ0v) is 56.8. The molecule has 7 amide bonds. The minimum absolute atomic E-state index is 0.0161. The minimum Gasteiger partial charge on any atom is -0.480 e. The summed E-state index contributed by atoms with van der Waals surface area (Å²) in [5, 5.41) is 118. The number of carbonyl (C=O) groups is 8. The Labute approximate surface area is 578 Å². The maximum atomic E-state index is 13.6. The lowest BCUT2D eigenvalue weighted by Gasteiger charge is -2.42. The predicted molar refractivity (Wildman–Crippen MR) is 337 cm³/mol. The summed E-state index contributed by atoms with van der Waals surface area (Å²) < 4.78 is 82.2. The summed E-state index contributed by atoms with van der Waals surface area (Å²) in [5.41, 5.74) is 0. The van der Waals surface area contributed by atoms with Gasteiger partial charge < -0.3 is 159 Å². The van der Waals surface area contributed by atoms with Crippen LogP contribution in [0.3, 0.4) is 0 Å². The zero-order valence-electron chi connectivity index (χ0n) is 56.8. The fourth-order valence-electron chi connectivity index (χ4n) is 9.86. The van der Waals surface area contributed by atoms with Crippen LogP contribution in [-0.2, 0) is 109 Å². The number of rotatable bonds is 56. The fourth-order valence-corrected chi connectivity index (χ4v) is 9.86. The van der Waals surface area contributed by atoms with Crippen LogP contribution in [0.15, 0.2) is 0 Å². The molecule has 3 fully saturated rings. The molecule has 0 aromatic rings. The van der Waals surface area contributed by atoms with Gasteiger partial charge in [-0.15, -0.1) is 0 Å². The standard InChI is InChI=1S/C60H107N7O33/c1-36(71)63-47-53(80)50(77)41(30-68)98-58(47)95-27-24-89-15-12-86-18-21-92-33-44(74)61-10-6-4-8-39(66-46(76)35-94-23-20-88-14-17-91-26-29-97-60-49(65-38(3)73)55(82)52(79)43(32-70)100-60)56(83)67-40(57(84)85)9-5-7-11-62-45(75)34-93-22-19-87-13-16-90-25-28-96-59-48(64-37(2)72)54(81)51(78)42(31-69)99-59/h39-43,47-55,58-60,68-70,77-82H,4-35H2,1-3H3,(H,61,74)(H,62,75)(H,63,71)(H,64,72)(H,65,73)(H,66,76)(H,67,83)(H,84,85)/t39-,40-,41-,42-,43-,47+,48+,49+,50-,51-,52-,53+,54+,55+,58+,59+,60+/m0/s1. The molecule has 40 nitrogen and oxygen atoms in total. The van der Waals surface area contributed by atoms with E-state index in [-0.39, 0.29) is 171 Å². The number of unbranched alkanes of at least 4 members (excludes halogenated alkanes) is 2. The molecule has 0 aliphatic carbocycles. The van der Waals surface area contributed by atoms with Gasteiger partial charge in [0.15, 0.2) is 18.9 Å². The number of aliphatic hydroxyl groups is 9. The van der Waals surface area contributed by atoms with Crippen LogP contribution in [-0.4, -0.2) is 374 Å². The predicted octanol–water partition coefficient (Wildman–Crippen LogP) is -9.36. The van der Waals surface area contributed by atoms with E-state index in [2.05, 4.69) is 37.2 Å². The topological polar surface area (TPSA) is 562 Å². The number of aliphatic carboxylic acids is 1. The quantitative estimate of drug-likeness (QED) is 0.0252. The number of carboxylic acids is 1. The van der Waals surface area contributed by atoms with Crippen molar-refractivity contribution in [1.29, 1.82) is 0 Å². The number of aliphatic hydroxyl groups excluding tert-OH is 9. The zero-order chi connectivity index (χ0) is 73.6. The molecule has 40 heteroatoms. The van der Waals surface area contributed by atoms with Crippen molar-refractivity contribution in [2.45, 2.75) is 163 Å². The highest BCUT2D eigenvalue weighted by Gasteiger charge is 2.48. The third kappa shape index (κ3) is 36.3. The van der Waals surface area contributed by atoms with E-state index in [1.54, 1.807) is 0 Å². The van der Waals surface area contributed by atoms with Gasteiger partial charge in [0.1, 0.15) is 105 Å². The second kappa shape index (κ2) is 52.7. The summed E-state index contributed by atoms with van der Waals surface area (Å²) in [5.74, 6) is -5.18. The highest BCUT2D eigenvalue weighted by molar-refractivity contribution is 5.90. The minimum atomic E-state index is -1.47. The molecule has 100 heavy (non-hydrogen) atoms. The second-order valence-corrected chi connectivity index (χ2v) is 23.0. The van der Waals surface area contributed by atoms with E-state index in [1.807, 2.05) is 0 Å². The van der Waals surface area contributed by atoms with Crippen LogP contribution in [0.2, 0.25) is 0 Å². The monoisotopic (exact) mass is 1450 g/mol. The highest BCUT2D eigenvalue weighted by Crippen LogP contribution is 2.25. The van der Waals surface area contributed by atoms with Gasteiger partial charge in [0.2, 0.25) is 41.4 Å². The van der Waals surface area contributed by atoms with Gasteiger partial charge in [0, 0.05) is 33.9 Å².